The van der Waals surface area contributed by atoms with Crippen LogP contribution in [0.1, 0.15) is 136 Å². The topological polar surface area (TPSA) is 15.3 Å². The standard InChI is InChI=1S/C25H50N2/c1-3-27(25-21-17-13-9-8-10-14-18-23(2)22-25)26-24-19-15-11-6-4-5-7-12-16-20-24/h23-26H,3-22H2,1-2H3. The normalized spacial score (nSPS) is 29.0. The van der Waals surface area contributed by atoms with Crippen LogP contribution in [0.5, 0.6) is 0 Å². The molecule has 2 unspecified atom stereocenters. The number of hydrogen-bond acceptors (Lipinski definition) is 2. The summed E-state index contributed by atoms with van der Waals surface area (Å²) in [6.45, 7) is 6.04. The zero-order chi connectivity index (χ0) is 19.2. The average molecular weight is 379 g/mol. The largest absolute Gasteiger partial charge is 0.252 e. The molecule has 2 heteroatoms. The van der Waals surface area contributed by atoms with Crippen molar-refractivity contribution in [2.45, 2.75) is 148 Å². The summed E-state index contributed by atoms with van der Waals surface area (Å²) in [5.41, 5.74) is 4.07. The van der Waals surface area contributed by atoms with Gasteiger partial charge in [-0.05, 0) is 31.6 Å². The molecule has 2 atom stereocenters. The highest BCUT2D eigenvalue weighted by atomic mass is 15.5. The van der Waals surface area contributed by atoms with Gasteiger partial charge in [-0.25, -0.2) is 5.01 Å². The van der Waals surface area contributed by atoms with E-state index < -0.39 is 0 Å². The highest BCUT2D eigenvalue weighted by Gasteiger charge is 2.22. The van der Waals surface area contributed by atoms with Crippen LogP contribution in [0.4, 0.5) is 0 Å². The van der Waals surface area contributed by atoms with E-state index in [1.165, 1.54) is 122 Å². The zero-order valence-electron chi connectivity index (χ0n) is 18.8. The second kappa shape index (κ2) is 14.9. The molecular formula is C25H50N2. The van der Waals surface area contributed by atoms with Gasteiger partial charge in [0.1, 0.15) is 0 Å². The van der Waals surface area contributed by atoms with E-state index in [-0.39, 0.29) is 0 Å². The highest BCUT2D eigenvalue weighted by molar-refractivity contribution is 4.76. The van der Waals surface area contributed by atoms with Crippen molar-refractivity contribution in [1.29, 1.82) is 0 Å². The maximum Gasteiger partial charge on any atom is 0.0246 e. The molecule has 2 aliphatic carbocycles. The van der Waals surface area contributed by atoms with Crippen molar-refractivity contribution in [2.24, 2.45) is 5.92 Å². The molecule has 0 spiro atoms. The van der Waals surface area contributed by atoms with Crippen molar-refractivity contribution in [3.63, 3.8) is 0 Å². The number of nitrogens with one attached hydrogen (secondary N) is 1. The van der Waals surface area contributed by atoms with Crippen LogP contribution in [-0.4, -0.2) is 23.6 Å². The molecule has 2 aliphatic rings. The Labute approximate surface area is 171 Å². The van der Waals surface area contributed by atoms with E-state index in [4.69, 9.17) is 0 Å². The Morgan fingerprint density at radius 3 is 1.59 bits per heavy atom. The molecule has 27 heavy (non-hydrogen) atoms. The first-order valence-corrected chi connectivity index (χ1v) is 12.8. The summed E-state index contributed by atoms with van der Waals surface area (Å²) in [5, 5.41) is 2.68. The molecule has 0 aromatic rings. The number of hydrazine groups is 1. The van der Waals surface area contributed by atoms with E-state index in [0.717, 1.165) is 24.5 Å². The van der Waals surface area contributed by atoms with Crippen LogP contribution in [0.2, 0.25) is 0 Å². The fourth-order valence-electron chi connectivity index (χ4n) is 5.37. The molecule has 0 radical (unpaired) electrons. The summed E-state index contributed by atoms with van der Waals surface area (Å²) in [7, 11) is 0. The van der Waals surface area contributed by atoms with Crippen LogP contribution >= 0.6 is 0 Å². The third-order valence-electron chi connectivity index (χ3n) is 7.14. The molecule has 2 fully saturated rings. The Bertz CT molecular complexity index is 331. The number of hydrogen-bond donors (Lipinski definition) is 1. The quantitative estimate of drug-likeness (QED) is 0.506. The zero-order valence-corrected chi connectivity index (χ0v) is 18.8. The minimum atomic E-state index is 0.719. The second-order valence-corrected chi connectivity index (χ2v) is 9.71. The molecule has 2 rings (SSSR count). The molecule has 0 amide bonds. The van der Waals surface area contributed by atoms with Gasteiger partial charge >= 0.3 is 0 Å². The minimum Gasteiger partial charge on any atom is -0.252 e. The fourth-order valence-corrected chi connectivity index (χ4v) is 5.37. The number of rotatable bonds is 4. The third kappa shape index (κ3) is 10.3. The van der Waals surface area contributed by atoms with Crippen LogP contribution in [0.25, 0.3) is 0 Å². The van der Waals surface area contributed by atoms with Gasteiger partial charge in [-0.1, -0.05) is 110 Å². The first kappa shape index (κ1) is 23.2. The van der Waals surface area contributed by atoms with Crippen LogP contribution < -0.4 is 5.43 Å². The van der Waals surface area contributed by atoms with Crippen molar-refractivity contribution >= 4 is 0 Å². The van der Waals surface area contributed by atoms with E-state index in [9.17, 15) is 0 Å². The summed E-state index contributed by atoms with van der Waals surface area (Å²) in [6.07, 6.45) is 27.4. The van der Waals surface area contributed by atoms with Gasteiger partial charge in [0, 0.05) is 18.6 Å². The summed E-state index contributed by atoms with van der Waals surface area (Å²) in [6, 6.07) is 1.47. The molecule has 1 N–H and O–H groups in total. The van der Waals surface area contributed by atoms with Gasteiger partial charge in [0.2, 0.25) is 0 Å². The third-order valence-corrected chi connectivity index (χ3v) is 7.14. The van der Waals surface area contributed by atoms with Gasteiger partial charge in [0.15, 0.2) is 0 Å². The van der Waals surface area contributed by atoms with Crippen molar-refractivity contribution in [3.05, 3.63) is 0 Å². The fraction of sp³-hybridized carbons (Fsp3) is 1.00. The van der Waals surface area contributed by atoms with Crippen molar-refractivity contribution in [3.8, 4) is 0 Å². The molecule has 160 valence electrons. The maximum atomic E-state index is 4.07. The molecule has 2 saturated carbocycles. The lowest BCUT2D eigenvalue weighted by molar-refractivity contribution is 0.0767. The first-order chi connectivity index (χ1) is 13.3. The van der Waals surface area contributed by atoms with Gasteiger partial charge in [0.25, 0.3) is 0 Å². The molecule has 0 saturated heterocycles. The van der Waals surface area contributed by atoms with Crippen molar-refractivity contribution in [2.75, 3.05) is 6.54 Å². The summed E-state index contributed by atoms with van der Waals surface area (Å²) >= 11 is 0. The van der Waals surface area contributed by atoms with Gasteiger partial charge < -0.3 is 0 Å². The molecule has 0 heterocycles. The van der Waals surface area contributed by atoms with Crippen LogP contribution in [0.3, 0.4) is 0 Å². The summed E-state index contributed by atoms with van der Waals surface area (Å²) in [4.78, 5) is 0. The summed E-state index contributed by atoms with van der Waals surface area (Å²) < 4.78 is 0. The molecule has 2 nitrogen and oxygen atoms in total. The molecule has 0 bridgehead atoms. The van der Waals surface area contributed by atoms with E-state index in [1.807, 2.05) is 0 Å². The smallest absolute Gasteiger partial charge is 0.0246 e. The van der Waals surface area contributed by atoms with E-state index in [2.05, 4.69) is 24.3 Å². The Morgan fingerprint density at radius 1 is 0.630 bits per heavy atom. The molecular weight excluding hydrogens is 328 g/mol. The predicted molar refractivity (Wildman–Crippen MR) is 120 cm³/mol. The van der Waals surface area contributed by atoms with Gasteiger partial charge in [0.05, 0.1) is 0 Å². The van der Waals surface area contributed by atoms with E-state index in [1.54, 1.807) is 0 Å². The summed E-state index contributed by atoms with van der Waals surface area (Å²) in [5.74, 6) is 0.886. The van der Waals surface area contributed by atoms with Gasteiger partial charge in [-0.15, -0.1) is 0 Å². The molecule has 0 aromatic heterocycles. The lowest BCUT2D eigenvalue weighted by Crippen LogP contribution is -2.50. The van der Waals surface area contributed by atoms with Crippen LogP contribution in [0.15, 0.2) is 0 Å². The van der Waals surface area contributed by atoms with E-state index in [0.29, 0.717) is 0 Å². The minimum absolute atomic E-state index is 0.719. The van der Waals surface area contributed by atoms with Crippen LogP contribution in [-0.2, 0) is 0 Å². The van der Waals surface area contributed by atoms with Crippen molar-refractivity contribution in [1.82, 2.24) is 10.4 Å². The van der Waals surface area contributed by atoms with Crippen molar-refractivity contribution < 1.29 is 0 Å². The Kier molecular flexibility index (Phi) is 12.8. The van der Waals surface area contributed by atoms with Crippen LogP contribution in [0, 0.1) is 5.92 Å². The Balaban J connectivity index is 1.90. The molecule has 0 aliphatic heterocycles. The first-order valence-electron chi connectivity index (χ1n) is 12.8. The monoisotopic (exact) mass is 378 g/mol. The second-order valence-electron chi connectivity index (χ2n) is 9.71. The van der Waals surface area contributed by atoms with E-state index >= 15 is 0 Å². The average Bonchev–Trinajstić information content (AvgIpc) is 2.76. The SMILES string of the molecule is CCN(NC1CCCCCCCCCC1)C1CCCCCCCCC(C)C1. The number of nitrogens with zero attached hydrogens (tertiary/aromatic N) is 1. The lowest BCUT2D eigenvalue weighted by atomic mass is 9.93. The molecule has 0 aromatic carbocycles. The maximum absolute atomic E-state index is 4.07. The Morgan fingerprint density at radius 2 is 1.07 bits per heavy atom. The Hall–Kier alpha value is -0.0800. The van der Waals surface area contributed by atoms with Gasteiger partial charge in [-0.3, -0.25) is 5.43 Å². The lowest BCUT2D eigenvalue weighted by Gasteiger charge is -2.36. The predicted octanol–water partition coefficient (Wildman–Crippen LogP) is 7.63. The van der Waals surface area contributed by atoms with Gasteiger partial charge in [-0.2, -0.15) is 0 Å². The highest BCUT2D eigenvalue weighted by Crippen LogP contribution is 2.25.